The molecule has 0 spiro atoms. The van der Waals surface area contributed by atoms with Crippen LogP contribution in [-0.2, 0) is 13.0 Å². The first kappa shape index (κ1) is 23.8. The lowest BCUT2D eigenvalue weighted by Crippen LogP contribution is -2.32. The van der Waals surface area contributed by atoms with Gasteiger partial charge >= 0.3 is 0 Å². The molecular formula is C26H29N3O4S. The van der Waals surface area contributed by atoms with Crippen molar-refractivity contribution in [2.75, 3.05) is 31.8 Å². The van der Waals surface area contributed by atoms with Gasteiger partial charge in [0.25, 0.3) is 0 Å². The molecule has 0 saturated heterocycles. The quantitative estimate of drug-likeness (QED) is 0.246. The van der Waals surface area contributed by atoms with Gasteiger partial charge in [-0.2, -0.15) is 0 Å². The lowest BCUT2D eigenvalue weighted by molar-refractivity contribution is 0.106. The highest BCUT2D eigenvalue weighted by Gasteiger charge is 2.13. The van der Waals surface area contributed by atoms with Crippen molar-refractivity contribution in [2.45, 2.75) is 19.1 Å². The number of aliphatic hydroxyl groups is 1. The minimum atomic E-state index is -0.557. The molecule has 0 aliphatic carbocycles. The number of benzene rings is 3. The monoisotopic (exact) mass is 479 g/mol. The van der Waals surface area contributed by atoms with E-state index in [2.05, 4.69) is 28.1 Å². The number of anilines is 1. The maximum atomic E-state index is 10.1. The number of para-hydroxylation sites is 1. The molecule has 1 heterocycles. The highest BCUT2D eigenvalue weighted by Crippen LogP contribution is 2.32. The van der Waals surface area contributed by atoms with E-state index in [0.717, 1.165) is 41.5 Å². The third-order valence-electron chi connectivity index (χ3n) is 5.26. The smallest absolute Gasteiger partial charge is 0.231 e. The van der Waals surface area contributed by atoms with Crippen LogP contribution in [0.1, 0.15) is 11.1 Å². The number of hydrogen-bond donors (Lipinski definition) is 4. The molecule has 3 aromatic carbocycles. The molecule has 1 atom stereocenters. The van der Waals surface area contributed by atoms with Crippen molar-refractivity contribution in [3.05, 3.63) is 83.9 Å². The first-order valence-corrected chi connectivity index (χ1v) is 11.7. The SMILES string of the molecule is O[C@@H](CNCCc1ccc(NC(=S)NCc2ccc3c(c2)OCO3)cc1)COc1ccccc1. The fourth-order valence-electron chi connectivity index (χ4n) is 3.43. The summed E-state index contributed by atoms with van der Waals surface area (Å²) in [4.78, 5) is 0. The van der Waals surface area contributed by atoms with Crippen molar-refractivity contribution in [1.29, 1.82) is 0 Å². The van der Waals surface area contributed by atoms with Gasteiger partial charge in [0.15, 0.2) is 16.6 Å². The van der Waals surface area contributed by atoms with E-state index >= 15 is 0 Å². The summed E-state index contributed by atoms with van der Waals surface area (Å²) in [5.74, 6) is 2.30. The zero-order valence-electron chi connectivity index (χ0n) is 18.8. The number of hydrogen-bond acceptors (Lipinski definition) is 6. The molecular weight excluding hydrogens is 450 g/mol. The van der Waals surface area contributed by atoms with Crippen LogP contribution in [-0.4, -0.2) is 42.8 Å². The van der Waals surface area contributed by atoms with E-state index in [1.54, 1.807) is 0 Å². The van der Waals surface area contributed by atoms with Crippen molar-refractivity contribution in [2.24, 2.45) is 0 Å². The van der Waals surface area contributed by atoms with Crippen LogP contribution < -0.4 is 30.2 Å². The summed E-state index contributed by atoms with van der Waals surface area (Å²) in [5.41, 5.74) is 3.19. The van der Waals surface area contributed by atoms with E-state index in [-0.39, 0.29) is 13.4 Å². The Labute approximate surface area is 205 Å². The van der Waals surface area contributed by atoms with Gasteiger partial charge in [-0.15, -0.1) is 0 Å². The van der Waals surface area contributed by atoms with Crippen LogP contribution in [0.4, 0.5) is 5.69 Å². The fraction of sp³-hybridized carbons (Fsp3) is 0.269. The zero-order chi connectivity index (χ0) is 23.6. The summed E-state index contributed by atoms with van der Waals surface area (Å²) in [5, 5.41) is 20.3. The van der Waals surface area contributed by atoms with Gasteiger partial charge in [-0.25, -0.2) is 0 Å². The Hall–Kier alpha value is -3.33. The standard InChI is InChI=1S/C26H29N3O4S/c30-22(17-31-23-4-2-1-3-5-23)16-27-13-12-19-6-9-21(10-7-19)29-26(34)28-15-20-8-11-24-25(14-20)33-18-32-24/h1-11,14,22,27,30H,12-13,15-18H2,(H2,28,29,34)/t22-/m0/s1. The van der Waals surface area contributed by atoms with Gasteiger partial charge in [0.2, 0.25) is 6.79 Å². The molecule has 0 radical (unpaired) electrons. The first-order chi connectivity index (χ1) is 16.7. The summed E-state index contributed by atoms with van der Waals surface area (Å²) in [6, 6.07) is 23.5. The van der Waals surface area contributed by atoms with Crippen molar-refractivity contribution in [3.8, 4) is 17.2 Å². The average Bonchev–Trinajstić information content (AvgIpc) is 3.34. The summed E-state index contributed by atoms with van der Waals surface area (Å²) >= 11 is 5.41. The third kappa shape index (κ3) is 7.34. The molecule has 0 unspecified atom stereocenters. The fourth-order valence-corrected chi connectivity index (χ4v) is 3.62. The Balaban J connectivity index is 1.11. The largest absolute Gasteiger partial charge is 0.491 e. The topological polar surface area (TPSA) is 84.0 Å². The number of fused-ring (bicyclic) bond motifs is 1. The third-order valence-corrected chi connectivity index (χ3v) is 5.50. The Morgan fingerprint density at radius 2 is 1.74 bits per heavy atom. The molecule has 1 aliphatic heterocycles. The molecule has 0 saturated carbocycles. The normalized spacial score (nSPS) is 12.7. The molecule has 34 heavy (non-hydrogen) atoms. The predicted molar refractivity (Wildman–Crippen MR) is 137 cm³/mol. The molecule has 0 bridgehead atoms. The van der Waals surface area contributed by atoms with Gasteiger partial charge in [-0.3, -0.25) is 0 Å². The average molecular weight is 480 g/mol. The second-order valence-corrected chi connectivity index (χ2v) is 8.33. The lowest BCUT2D eigenvalue weighted by atomic mass is 10.1. The Kier molecular flexibility index (Phi) is 8.56. The Morgan fingerprint density at radius 3 is 2.56 bits per heavy atom. The lowest BCUT2D eigenvalue weighted by Gasteiger charge is -2.13. The molecule has 1 aliphatic rings. The predicted octanol–water partition coefficient (Wildman–Crippen LogP) is 3.47. The van der Waals surface area contributed by atoms with Crippen LogP contribution >= 0.6 is 12.2 Å². The van der Waals surface area contributed by atoms with Crippen LogP contribution in [0.15, 0.2) is 72.8 Å². The van der Waals surface area contributed by atoms with Crippen LogP contribution in [0, 0.1) is 0 Å². The first-order valence-electron chi connectivity index (χ1n) is 11.2. The van der Waals surface area contributed by atoms with Crippen molar-refractivity contribution in [1.82, 2.24) is 10.6 Å². The molecule has 4 rings (SSSR count). The minimum absolute atomic E-state index is 0.264. The maximum Gasteiger partial charge on any atom is 0.231 e. The second-order valence-electron chi connectivity index (χ2n) is 7.92. The number of nitrogens with one attached hydrogen (secondary N) is 3. The van der Waals surface area contributed by atoms with E-state index in [1.807, 2.05) is 60.7 Å². The molecule has 0 fully saturated rings. The molecule has 0 aromatic heterocycles. The summed E-state index contributed by atoms with van der Waals surface area (Å²) < 4.78 is 16.3. The van der Waals surface area contributed by atoms with Crippen molar-refractivity contribution < 1.29 is 19.3 Å². The highest BCUT2D eigenvalue weighted by molar-refractivity contribution is 7.80. The van der Waals surface area contributed by atoms with Gasteiger partial charge in [-0.1, -0.05) is 36.4 Å². The Morgan fingerprint density at radius 1 is 0.971 bits per heavy atom. The van der Waals surface area contributed by atoms with Gasteiger partial charge in [0.05, 0.1) is 0 Å². The minimum Gasteiger partial charge on any atom is -0.491 e. The van der Waals surface area contributed by atoms with Crippen LogP contribution in [0.3, 0.4) is 0 Å². The molecule has 4 N–H and O–H groups in total. The van der Waals surface area contributed by atoms with E-state index in [4.69, 9.17) is 26.4 Å². The van der Waals surface area contributed by atoms with Crippen molar-refractivity contribution in [3.63, 3.8) is 0 Å². The number of rotatable bonds is 11. The second kappa shape index (κ2) is 12.2. The summed E-state index contributed by atoms with van der Waals surface area (Å²) in [6.45, 7) is 2.37. The Bertz CT molecular complexity index is 1060. The van der Waals surface area contributed by atoms with Gasteiger partial charge in [0.1, 0.15) is 18.5 Å². The molecule has 8 heteroatoms. The van der Waals surface area contributed by atoms with Crippen molar-refractivity contribution >= 4 is 23.0 Å². The molecule has 3 aromatic rings. The van der Waals surface area contributed by atoms with E-state index < -0.39 is 6.10 Å². The van der Waals surface area contributed by atoms with Gasteiger partial charge < -0.3 is 35.3 Å². The summed E-state index contributed by atoms with van der Waals surface area (Å²) in [7, 11) is 0. The maximum absolute atomic E-state index is 10.1. The number of ether oxygens (including phenoxy) is 3. The molecule has 0 amide bonds. The number of aliphatic hydroxyl groups excluding tert-OH is 1. The van der Waals surface area contributed by atoms with E-state index in [1.165, 1.54) is 5.56 Å². The summed E-state index contributed by atoms with van der Waals surface area (Å²) in [6.07, 6.45) is 0.303. The van der Waals surface area contributed by atoms with Crippen LogP contribution in [0.2, 0.25) is 0 Å². The zero-order valence-corrected chi connectivity index (χ0v) is 19.6. The van der Waals surface area contributed by atoms with Gasteiger partial charge in [-0.05, 0) is 72.7 Å². The van der Waals surface area contributed by atoms with E-state index in [9.17, 15) is 5.11 Å². The van der Waals surface area contributed by atoms with E-state index in [0.29, 0.717) is 18.2 Å². The number of thiocarbonyl (C=S) groups is 1. The van der Waals surface area contributed by atoms with Crippen LogP contribution in [0.25, 0.3) is 0 Å². The highest BCUT2D eigenvalue weighted by atomic mass is 32.1. The molecule has 7 nitrogen and oxygen atoms in total. The van der Waals surface area contributed by atoms with Gasteiger partial charge in [0, 0.05) is 18.8 Å². The van der Waals surface area contributed by atoms with Crippen LogP contribution in [0.5, 0.6) is 17.2 Å². The molecule has 178 valence electrons.